The van der Waals surface area contributed by atoms with Gasteiger partial charge in [0.2, 0.25) is 5.36 Å². The van der Waals surface area contributed by atoms with Crippen LogP contribution in [0, 0.1) is 11.3 Å². The van der Waals surface area contributed by atoms with Crippen molar-refractivity contribution in [2.45, 2.75) is 38.8 Å². The summed E-state index contributed by atoms with van der Waals surface area (Å²) in [7, 11) is 4.34. The van der Waals surface area contributed by atoms with Crippen LogP contribution in [0.25, 0.3) is 46.6 Å². The number of nitriles is 1. The molecule has 0 saturated heterocycles. The van der Waals surface area contributed by atoms with Gasteiger partial charge in [0.05, 0.1) is 27.6 Å². The van der Waals surface area contributed by atoms with Gasteiger partial charge in [0.1, 0.15) is 24.6 Å². The number of thiophene rings is 2. The van der Waals surface area contributed by atoms with Crippen LogP contribution in [0.1, 0.15) is 44.4 Å². The lowest BCUT2D eigenvalue weighted by molar-refractivity contribution is 0.371. The van der Waals surface area contributed by atoms with Crippen LogP contribution in [0.15, 0.2) is 72.8 Å². The first-order valence-electron chi connectivity index (χ1n) is 15.0. The third-order valence-electron chi connectivity index (χ3n) is 10.4. The third-order valence-corrected chi connectivity index (χ3v) is 12.8. The maximum Gasteiger partial charge on any atom is 0.212 e. The topological polar surface area (TPSA) is 39.3 Å². The predicted octanol–water partition coefficient (Wildman–Crippen LogP) is 8.33. The Bertz CT molecular complexity index is 2470. The van der Waals surface area contributed by atoms with E-state index in [0.29, 0.717) is 5.57 Å². The summed E-state index contributed by atoms with van der Waals surface area (Å²) in [5.74, 6) is 1.47. The van der Waals surface area contributed by atoms with Gasteiger partial charge in [0, 0.05) is 79.8 Å². The zero-order chi connectivity index (χ0) is 30.3. The minimum Gasteiger partial charge on any atom is -0.456 e. The molecular weight excluding hydrogens is 579 g/mol. The van der Waals surface area contributed by atoms with Crippen LogP contribution in [0.3, 0.4) is 0 Å². The van der Waals surface area contributed by atoms with Gasteiger partial charge in [-0.3, -0.25) is 0 Å². The number of rotatable bonds is 0. The molecule has 3 aliphatic rings. The van der Waals surface area contributed by atoms with Crippen molar-refractivity contribution in [1.82, 2.24) is 4.58 Å². The highest BCUT2D eigenvalue weighted by atomic mass is 32.1. The van der Waals surface area contributed by atoms with E-state index in [1.165, 1.54) is 41.1 Å². The molecule has 4 aromatic carbocycles. The van der Waals surface area contributed by atoms with Gasteiger partial charge in [0.15, 0.2) is 5.54 Å². The Morgan fingerprint density at radius 3 is 2.09 bits per heavy atom. The van der Waals surface area contributed by atoms with E-state index in [4.69, 9.17) is 4.74 Å². The van der Waals surface area contributed by atoms with Gasteiger partial charge in [0.25, 0.3) is 0 Å². The highest BCUT2D eigenvalue weighted by Crippen LogP contribution is 2.55. The number of anilines is 1. The van der Waals surface area contributed by atoms with E-state index in [1.54, 1.807) is 0 Å². The smallest absolute Gasteiger partial charge is 0.212 e. The molecule has 5 heterocycles. The molecular formula is C38H30N3OS2+. The van der Waals surface area contributed by atoms with Crippen LogP contribution in [-0.4, -0.2) is 14.1 Å². The molecule has 0 N–H and O–H groups in total. The summed E-state index contributed by atoms with van der Waals surface area (Å²) < 4.78 is 11.7. The van der Waals surface area contributed by atoms with Gasteiger partial charge in [-0.2, -0.15) is 5.26 Å². The first-order chi connectivity index (χ1) is 21.1. The molecule has 6 aromatic rings. The average Bonchev–Trinajstić information content (AvgIpc) is 3.61. The van der Waals surface area contributed by atoms with Gasteiger partial charge in [-0.15, -0.1) is 22.7 Å². The van der Waals surface area contributed by atoms with Crippen molar-refractivity contribution in [3.63, 3.8) is 0 Å². The van der Waals surface area contributed by atoms with E-state index >= 15 is 0 Å². The number of hydrogen-bond donors (Lipinski definition) is 0. The van der Waals surface area contributed by atoms with E-state index in [1.807, 2.05) is 22.7 Å². The lowest BCUT2D eigenvalue weighted by Gasteiger charge is -2.43. The molecule has 214 valence electrons. The molecule has 0 atom stereocenters. The predicted molar refractivity (Wildman–Crippen MR) is 184 cm³/mol. The van der Waals surface area contributed by atoms with Crippen LogP contribution in [0.5, 0.6) is 11.5 Å². The summed E-state index contributed by atoms with van der Waals surface area (Å²) in [5.41, 5.74) is 7.25. The number of fused-ring (bicyclic) bond motifs is 12. The SMILES string of the molecule is CN1c2cc3c(cc2-c2sc4ccccc4c2C1(C)C)C(C#N)=c1cc2c(cc1O3)=[N+](C)C(C)(C)c1c-2sc2ccccc12. The minimum absolute atomic E-state index is 0.208. The Hall–Kier alpha value is -4.44. The summed E-state index contributed by atoms with van der Waals surface area (Å²) in [5, 5.41) is 15.3. The van der Waals surface area contributed by atoms with Crippen LogP contribution in [-0.2, 0) is 11.1 Å². The normalized spacial score (nSPS) is 16.8. The van der Waals surface area contributed by atoms with Gasteiger partial charge in [-0.05, 0) is 43.5 Å². The molecule has 0 bridgehead atoms. The van der Waals surface area contributed by atoms with Gasteiger partial charge >= 0.3 is 0 Å². The molecule has 0 radical (unpaired) electrons. The summed E-state index contributed by atoms with van der Waals surface area (Å²) >= 11 is 3.68. The maximum absolute atomic E-state index is 10.7. The van der Waals surface area contributed by atoms with E-state index < -0.39 is 0 Å². The molecule has 0 unspecified atom stereocenters. The Morgan fingerprint density at radius 1 is 0.773 bits per heavy atom. The first kappa shape index (κ1) is 26.0. The van der Waals surface area contributed by atoms with Crippen LogP contribution < -0.4 is 24.8 Å². The lowest BCUT2D eigenvalue weighted by atomic mass is 9.82. The molecule has 0 saturated carbocycles. The Balaban J connectivity index is 1.35. The Labute approximate surface area is 264 Å². The van der Waals surface area contributed by atoms with E-state index in [0.717, 1.165) is 44.5 Å². The second-order valence-electron chi connectivity index (χ2n) is 13.2. The fraction of sp³-hybridized carbons (Fsp3) is 0.211. The highest BCUT2D eigenvalue weighted by molar-refractivity contribution is 7.23. The number of ether oxygens (including phenoxy) is 1. The molecule has 2 aromatic heterocycles. The second kappa shape index (κ2) is 8.38. The van der Waals surface area contributed by atoms with E-state index in [2.05, 4.69) is 130 Å². The lowest BCUT2D eigenvalue weighted by Crippen LogP contribution is -2.46. The molecule has 0 amide bonds. The monoisotopic (exact) mass is 608 g/mol. The molecule has 0 spiro atoms. The molecule has 9 rings (SSSR count). The summed E-state index contributed by atoms with van der Waals surface area (Å²) in [6.45, 7) is 9.18. The summed E-state index contributed by atoms with van der Waals surface area (Å²) in [6.07, 6.45) is 0. The van der Waals surface area contributed by atoms with Crippen LogP contribution in [0.4, 0.5) is 5.69 Å². The van der Waals surface area contributed by atoms with Crippen molar-refractivity contribution in [1.29, 1.82) is 5.26 Å². The molecule has 0 fully saturated rings. The maximum atomic E-state index is 10.7. The largest absolute Gasteiger partial charge is 0.456 e. The van der Waals surface area contributed by atoms with Crippen LogP contribution >= 0.6 is 22.7 Å². The third kappa shape index (κ3) is 3.09. The number of hydrogen-bond acceptors (Lipinski definition) is 5. The summed E-state index contributed by atoms with van der Waals surface area (Å²) in [4.78, 5) is 4.92. The molecule has 3 aliphatic heterocycles. The first-order valence-corrected chi connectivity index (χ1v) is 16.6. The Morgan fingerprint density at radius 2 is 1.41 bits per heavy atom. The van der Waals surface area contributed by atoms with Gasteiger partial charge < -0.3 is 9.64 Å². The van der Waals surface area contributed by atoms with E-state index in [-0.39, 0.29) is 11.1 Å². The zero-order valence-corrected chi connectivity index (χ0v) is 27.1. The van der Waals surface area contributed by atoms with Crippen molar-refractivity contribution in [2.24, 2.45) is 0 Å². The Kier molecular flexibility index (Phi) is 4.95. The summed E-state index contributed by atoms with van der Waals surface area (Å²) in [6, 6.07) is 28.7. The van der Waals surface area contributed by atoms with Crippen molar-refractivity contribution in [3.05, 3.63) is 100 Å². The fourth-order valence-electron chi connectivity index (χ4n) is 7.62. The molecule has 4 nitrogen and oxygen atoms in total. The minimum atomic E-state index is -0.208. The second-order valence-corrected chi connectivity index (χ2v) is 15.3. The van der Waals surface area contributed by atoms with Crippen molar-refractivity contribution in [2.75, 3.05) is 19.0 Å². The number of nitrogens with zero attached hydrogens (tertiary/aromatic N) is 3. The van der Waals surface area contributed by atoms with E-state index in [9.17, 15) is 5.26 Å². The number of benzene rings is 4. The van der Waals surface area contributed by atoms with Gasteiger partial charge in [-0.1, -0.05) is 36.4 Å². The highest BCUT2D eigenvalue weighted by Gasteiger charge is 2.42. The van der Waals surface area contributed by atoms with Crippen molar-refractivity contribution < 1.29 is 4.74 Å². The van der Waals surface area contributed by atoms with Crippen molar-refractivity contribution >= 4 is 54.1 Å². The standard InChI is InChI=1S/C38H30N3OS2/c1-37(2)33-20-11-7-9-13-31(20)43-35(33)24-15-22-26(19-39)23-16-25-28(18-30(23)42-29(22)17-27(24)40(37)5)41(6)38(3,4)34-21-12-8-10-14-32(21)44-36(25)34/h7-18H,1-6H3/q+1. The van der Waals surface area contributed by atoms with Crippen LogP contribution in [0.2, 0.25) is 0 Å². The quantitative estimate of drug-likeness (QED) is 0.163. The fourth-order valence-corrected chi connectivity index (χ4v) is 10.4. The average molecular weight is 609 g/mol. The molecule has 44 heavy (non-hydrogen) atoms. The van der Waals surface area contributed by atoms with Gasteiger partial charge in [-0.25, -0.2) is 4.58 Å². The molecule has 0 aliphatic carbocycles. The molecule has 6 heteroatoms. The zero-order valence-electron chi connectivity index (χ0n) is 25.5. The van der Waals surface area contributed by atoms with Crippen molar-refractivity contribution in [3.8, 4) is 38.4 Å².